The number of aromatic nitrogens is 4. The van der Waals surface area contributed by atoms with Crippen molar-refractivity contribution in [3.63, 3.8) is 0 Å². The van der Waals surface area contributed by atoms with Gasteiger partial charge in [-0.3, -0.25) is 4.40 Å². The summed E-state index contributed by atoms with van der Waals surface area (Å²) < 4.78 is 71.4. The van der Waals surface area contributed by atoms with Crippen molar-refractivity contribution in [1.29, 1.82) is 0 Å². The molecule has 3 aromatic rings. The molecule has 4 rings (SSSR count). The summed E-state index contributed by atoms with van der Waals surface area (Å²) >= 11 is 0. The number of benzene rings is 1. The van der Waals surface area contributed by atoms with E-state index < -0.39 is 33.1 Å². The number of hydrogen-bond acceptors (Lipinski definition) is 7. The van der Waals surface area contributed by atoms with Crippen LogP contribution in [-0.2, 0) is 10.0 Å². The molecule has 30 heavy (non-hydrogen) atoms. The zero-order chi connectivity index (χ0) is 21.5. The standard InChI is InChI=1S/C17H17F3N6O3S/c1-11-22-23-16-15(21-7-9-26(11)16)25-8-6-12(10-25)24-30(27,28)14-5-3-2-4-13(14)29-17(18,19)20/h2-5,7,9,12,24H,6,8,10H2,1H3. The molecule has 0 saturated carbocycles. The van der Waals surface area contributed by atoms with Gasteiger partial charge in [0.05, 0.1) is 0 Å². The van der Waals surface area contributed by atoms with Gasteiger partial charge in [-0.15, -0.1) is 23.4 Å². The number of rotatable bonds is 5. The monoisotopic (exact) mass is 442 g/mol. The van der Waals surface area contributed by atoms with E-state index in [4.69, 9.17) is 0 Å². The zero-order valence-corrected chi connectivity index (χ0v) is 16.5. The largest absolute Gasteiger partial charge is 0.573 e. The second-order valence-corrected chi connectivity index (χ2v) is 8.42. The first-order chi connectivity index (χ1) is 14.1. The number of anilines is 1. The van der Waals surface area contributed by atoms with Crippen molar-refractivity contribution >= 4 is 21.5 Å². The molecule has 0 bridgehead atoms. The fourth-order valence-corrected chi connectivity index (χ4v) is 4.76. The Hall–Kier alpha value is -2.93. The van der Waals surface area contributed by atoms with Crippen LogP contribution in [0.3, 0.4) is 0 Å². The molecule has 1 fully saturated rings. The Morgan fingerprint density at radius 1 is 1.23 bits per heavy atom. The average molecular weight is 442 g/mol. The van der Waals surface area contributed by atoms with Crippen LogP contribution >= 0.6 is 0 Å². The fraction of sp³-hybridized carbons (Fsp3) is 0.353. The molecule has 3 heterocycles. The van der Waals surface area contributed by atoms with Crippen LogP contribution in [0.25, 0.3) is 5.65 Å². The normalized spacial score (nSPS) is 17.6. The minimum absolute atomic E-state index is 0.278. The van der Waals surface area contributed by atoms with E-state index >= 15 is 0 Å². The average Bonchev–Trinajstić information content (AvgIpc) is 3.27. The van der Waals surface area contributed by atoms with Gasteiger partial charge in [-0.1, -0.05) is 12.1 Å². The Kier molecular flexibility index (Phi) is 5.02. The predicted molar refractivity (Wildman–Crippen MR) is 99.6 cm³/mol. The minimum atomic E-state index is -5.00. The highest BCUT2D eigenvalue weighted by molar-refractivity contribution is 7.89. The van der Waals surface area contributed by atoms with E-state index in [-0.39, 0.29) is 6.54 Å². The molecule has 1 unspecified atom stereocenters. The highest BCUT2D eigenvalue weighted by Crippen LogP contribution is 2.30. The number of fused-ring (bicyclic) bond motifs is 1. The maximum Gasteiger partial charge on any atom is 0.573 e. The third-order valence-electron chi connectivity index (χ3n) is 4.65. The first kappa shape index (κ1) is 20.3. The summed E-state index contributed by atoms with van der Waals surface area (Å²) in [6.45, 7) is 2.57. The number of ether oxygens (including phenoxy) is 1. The molecule has 1 saturated heterocycles. The van der Waals surface area contributed by atoms with Gasteiger partial charge in [-0.2, -0.15) is 0 Å². The maximum absolute atomic E-state index is 12.7. The Bertz CT molecular complexity index is 1180. The van der Waals surface area contributed by atoms with Crippen molar-refractivity contribution in [1.82, 2.24) is 24.3 Å². The van der Waals surface area contributed by atoms with Crippen molar-refractivity contribution < 1.29 is 26.3 Å². The summed E-state index contributed by atoms with van der Waals surface area (Å²) in [5.74, 6) is 0.463. The zero-order valence-electron chi connectivity index (χ0n) is 15.7. The van der Waals surface area contributed by atoms with E-state index in [0.29, 0.717) is 30.3 Å². The molecule has 9 nitrogen and oxygen atoms in total. The molecular formula is C17H17F3N6O3S. The second-order valence-electron chi connectivity index (χ2n) is 6.74. The summed E-state index contributed by atoms with van der Waals surface area (Å²) in [6.07, 6.45) is -1.24. The molecule has 1 aromatic carbocycles. The number of nitrogens with one attached hydrogen (secondary N) is 1. The third kappa shape index (κ3) is 4.03. The topological polar surface area (TPSA) is 102 Å². The predicted octanol–water partition coefficient (Wildman–Crippen LogP) is 1.89. The van der Waals surface area contributed by atoms with Crippen LogP contribution in [0.1, 0.15) is 12.2 Å². The van der Waals surface area contributed by atoms with Gasteiger partial charge in [0.2, 0.25) is 15.7 Å². The first-order valence-corrected chi connectivity index (χ1v) is 10.4. The number of halogens is 3. The van der Waals surface area contributed by atoms with Crippen LogP contribution in [0, 0.1) is 6.92 Å². The lowest BCUT2D eigenvalue weighted by Gasteiger charge is -2.19. The molecule has 1 aliphatic heterocycles. The highest BCUT2D eigenvalue weighted by Gasteiger charge is 2.35. The van der Waals surface area contributed by atoms with Crippen molar-refractivity contribution in [3.8, 4) is 5.75 Å². The van der Waals surface area contributed by atoms with E-state index in [0.717, 1.165) is 12.1 Å². The molecule has 1 atom stereocenters. The highest BCUT2D eigenvalue weighted by atomic mass is 32.2. The fourth-order valence-electron chi connectivity index (χ4n) is 3.36. The number of sulfonamides is 1. The number of para-hydroxylation sites is 1. The third-order valence-corrected chi connectivity index (χ3v) is 6.21. The van der Waals surface area contributed by atoms with Gasteiger partial charge in [0.15, 0.2) is 5.82 Å². The molecule has 0 aliphatic carbocycles. The van der Waals surface area contributed by atoms with Crippen molar-refractivity contribution in [2.24, 2.45) is 0 Å². The van der Waals surface area contributed by atoms with E-state index in [1.807, 2.05) is 4.90 Å². The van der Waals surface area contributed by atoms with Gasteiger partial charge in [0.25, 0.3) is 0 Å². The van der Waals surface area contributed by atoms with Gasteiger partial charge in [0, 0.05) is 31.5 Å². The summed E-state index contributed by atoms with van der Waals surface area (Å²) in [7, 11) is -4.25. The maximum atomic E-state index is 12.7. The van der Waals surface area contributed by atoms with Gasteiger partial charge in [0.1, 0.15) is 16.5 Å². The quantitative estimate of drug-likeness (QED) is 0.644. The smallest absolute Gasteiger partial charge is 0.404 e. The summed E-state index contributed by atoms with van der Waals surface area (Å²) in [5.41, 5.74) is 0.544. The SMILES string of the molecule is Cc1nnc2c(N3CCC(NS(=O)(=O)c4ccccc4OC(F)(F)F)C3)nccn12. The van der Waals surface area contributed by atoms with Gasteiger partial charge < -0.3 is 9.64 Å². The van der Waals surface area contributed by atoms with E-state index in [9.17, 15) is 21.6 Å². The van der Waals surface area contributed by atoms with E-state index in [2.05, 4.69) is 24.6 Å². The van der Waals surface area contributed by atoms with E-state index in [1.165, 1.54) is 12.1 Å². The first-order valence-electron chi connectivity index (χ1n) is 8.92. The Morgan fingerprint density at radius 2 is 2.00 bits per heavy atom. The van der Waals surface area contributed by atoms with Crippen LogP contribution in [0.15, 0.2) is 41.6 Å². The number of alkyl halides is 3. The number of nitrogens with zero attached hydrogens (tertiary/aromatic N) is 5. The molecule has 0 amide bonds. The van der Waals surface area contributed by atoms with Crippen LogP contribution < -0.4 is 14.4 Å². The molecule has 0 radical (unpaired) electrons. The minimum Gasteiger partial charge on any atom is -0.404 e. The van der Waals surface area contributed by atoms with Gasteiger partial charge in [-0.25, -0.2) is 18.1 Å². The van der Waals surface area contributed by atoms with Crippen LogP contribution in [0.2, 0.25) is 0 Å². The van der Waals surface area contributed by atoms with Crippen LogP contribution in [0.5, 0.6) is 5.75 Å². The Morgan fingerprint density at radius 3 is 2.77 bits per heavy atom. The van der Waals surface area contributed by atoms with Gasteiger partial charge >= 0.3 is 6.36 Å². The summed E-state index contributed by atoms with van der Waals surface area (Å²) in [4.78, 5) is 5.61. The van der Waals surface area contributed by atoms with Gasteiger partial charge in [-0.05, 0) is 25.5 Å². The number of hydrogen-bond donors (Lipinski definition) is 1. The lowest BCUT2D eigenvalue weighted by atomic mass is 10.3. The molecule has 160 valence electrons. The molecule has 1 aliphatic rings. The molecule has 2 aromatic heterocycles. The summed E-state index contributed by atoms with van der Waals surface area (Å²) in [5, 5.41) is 8.12. The lowest BCUT2D eigenvalue weighted by molar-refractivity contribution is -0.275. The summed E-state index contributed by atoms with van der Waals surface area (Å²) in [6, 6.07) is 4.10. The van der Waals surface area contributed by atoms with Crippen molar-refractivity contribution in [2.75, 3.05) is 18.0 Å². The Labute approximate surface area is 169 Å². The molecular weight excluding hydrogens is 425 g/mol. The lowest BCUT2D eigenvalue weighted by Crippen LogP contribution is -2.37. The van der Waals surface area contributed by atoms with E-state index in [1.54, 1.807) is 23.7 Å². The second kappa shape index (κ2) is 7.40. The van der Waals surface area contributed by atoms with Crippen molar-refractivity contribution in [2.45, 2.75) is 30.6 Å². The molecule has 1 N–H and O–H groups in total. The van der Waals surface area contributed by atoms with Crippen LogP contribution in [-0.4, -0.2) is 53.5 Å². The van der Waals surface area contributed by atoms with Crippen molar-refractivity contribution in [3.05, 3.63) is 42.5 Å². The number of aryl methyl sites for hydroxylation is 1. The molecule has 13 heteroatoms. The molecule has 0 spiro atoms. The van der Waals surface area contributed by atoms with Crippen LogP contribution in [0.4, 0.5) is 19.0 Å². The Balaban J connectivity index is 1.53.